The zero-order valence-electron chi connectivity index (χ0n) is 18.8. The number of aromatic nitrogens is 4. The van der Waals surface area contributed by atoms with Gasteiger partial charge in [-0.3, -0.25) is 4.79 Å². The normalized spacial score (nSPS) is 22.5. The average Bonchev–Trinajstić information content (AvgIpc) is 2.70. The number of fused-ring (bicyclic) bond motifs is 1. The average molecular weight is 465 g/mol. The van der Waals surface area contributed by atoms with Crippen LogP contribution in [0.2, 0.25) is 0 Å². The largest absolute Gasteiger partial charge is 0.476 e. The molecule has 12 heteroatoms. The predicted molar refractivity (Wildman–Crippen MR) is 115 cm³/mol. The summed E-state index contributed by atoms with van der Waals surface area (Å²) in [7, 11) is 1.86. The minimum atomic E-state index is -4.52. The van der Waals surface area contributed by atoms with Crippen molar-refractivity contribution in [1.82, 2.24) is 19.9 Å². The quantitative estimate of drug-likeness (QED) is 0.670. The van der Waals surface area contributed by atoms with Gasteiger partial charge in [-0.05, 0) is 31.6 Å². The molecule has 0 bridgehead atoms. The molecule has 2 aliphatic rings. The summed E-state index contributed by atoms with van der Waals surface area (Å²) in [6.07, 6.45) is -1.27. The van der Waals surface area contributed by atoms with Gasteiger partial charge in [-0.2, -0.15) is 18.2 Å². The standard InChI is InChI=1S/C21H26F3N7O2/c1-10(2)17-19(32)29-16-11(3)27-20(30-18(16)31(17)4)28-13-5-12(6-13)9-33-15-8-25-14(7-26-15)21(22,23)24/h7-8,10,12-13,17H,5-6,9H2,1-4H3,(H,29,32)(H,27,28,30)/t12-,13+,17-/m0/s1. The highest BCUT2D eigenvalue weighted by Crippen LogP contribution is 2.36. The molecule has 1 saturated carbocycles. The molecule has 178 valence electrons. The molecule has 4 rings (SSSR count). The molecule has 1 atom stereocenters. The highest BCUT2D eigenvalue weighted by atomic mass is 19.4. The van der Waals surface area contributed by atoms with Crippen LogP contribution < -0.4 is 20.3 Å². The number of carbonyl (C=O) groups is 1. The number of halogens is 3. The van der Waals surface area contributed by atoms with Crippen LogP contribution in [0.25, 0.3) is 0 Å². The smallest absolute Gasteiger partial charge is 0.434 e. The van der Waals surface area contributed by atoms with Gasteiger partial charge in [0.05, 0.1) is 24.7 Å². The van der Waals surface area contributed by atoms with Crippen molar-refractivity contribution in [2.45, 2.75) is 51.9 Å². The molecule has 3 heterocycles. The predicted octanol–water partition coefficient (Wildman–Crippen LogP) is 3.28. The van der Waals surface area contributed by atoms with E-state index in [-0.39, 0.29) is 35.7 Å². The van der Waals surface area contributed by atoms with E-state index in [2.05, 4.69) is 30.6 Å². The molecule has 1 aliphatic carbocycles. The van der Waals surface area contributed by atoms with Crippen molar-refractivity contribution >= 4 is 23.4 Å². The number of nitrogens with zero attached hydrogens (tertiary/aromatic N) is 5. The molecular weight excluding hydrogens is 439 g/mol. The number of anilines is 3. The maximum absolute atomic E-state index is 12.5. The van der Waals surface area contributed by atoms with Crippen molar-refractivity contribution in [2.75, 3.05) is 29.2 Å². The Hall–Kier alpha value is -3.18. The van der Waals surface area contributed by atoms with Gasteiger partial charge >= 0.3 is 6.18 Å². The van der Waals surface area contributed by atoms with Crippen LogP contribution in [-0.2, 0) is 11.0 Å². The third kappa shape index (κ3) is 4.79. The topological polar surface area (TPSA) is 105 Å². The molecule has 0 aromatic carbocycles. The Bertz CT molecular complexity index is 1020. The Morgan fingerprint density at radius 1 is 1.24 bits per heavy atom. The number of aryl methyl sites for hydroxylation is 1. The molecular formula is C21H26F3N7O2. The van der Waals surface area contributed by atoms with Crippen molar-refractivity contribution in [1.29, 1.82) is 0 Å². The number of hydrogen-bond donors (Lipinski definition) is 2. The van der Waals surface area contributed by atoms with E-state index in [9.17, 15) is 18.0 Å². The Labute approximate surface area is 189 Å². The summed E-state index contributed by atoms with van der Waals surface area (Å²) in [5.74, 6) is 1.54. The summed E-state index contributed by atoms with van der Waals surface area (Å²) >= 11 is 0. The monoisotopic (exact) mass is 465 g/mol. The fourth-order valence-corrected chi connectivity index (χ4v) is 4.19. The second kappa shape index (κ2) is 8.64. The fraction of sp³-hybridized carbons (Fsp3) is 0.571. The number of ether oxygens (including phenoxy) is 1. The van der Waals surface area contributed by atoms with E-state index in [1.54, 1.807) is 0 Å². The molecule has 2 aromatic rings. The van der Waals surface area contributed by atoms with Crippen LogP contribution in [0.15, 0.2) is 12.4 Å². The number of carbonyl (C=O) groups excluding carboxylic acids is 1. The Morgan fingerprint density at radius 3 is 2.58 bits per heavy atom. The number of hydrogen-bond acceptors (Lipinski definition) is 8. The molecule has 2 N–H and O–H groups in total. The van der Waals surface area contributed by atoms with Gasteiger partial charge in [0.25, 0.3) is 0 Å². The summed E-state index contributed by atoms with van der Waals surface area (Å²) in [5.41, 5.74) is 0.264. The molecule has 33 heavy (non-hydrogen) atoms. The van der Waals surface area contributed by atoms with E-state index in [1.165, 1.54) is 0 Å². The molecule has 1 amide bonds. The maximum Gasteiger partial charge on any atom is 0.434 e. The van der Waals surface area contributed by atoms with E-state index in [1.807, 2.05) is 32.7 Å². The van der Waals surface area contributed by atoms with Gasteiger partial charge in [-0.15, -0.1) is 0 Å². The summed E-state index contributed by atoms with van der Waals surface area (Å²) in [6.45, 7) is 6.16. The first kappa shape index (κ1) is 23.0. The minimum absolute atomic E-state index is 0.0630. The van der Waals surface area contributed by atoms with E-state index < -0.39 is 11.9 Å². The third-order valence-corrected chi connectivity index (χ3v) is 5.92. The summed E-state index contributed by atoms with van der Waals surface area (Å²) in [5, 5.41) is 6.25. The van der Waals surface area contributed by atoms with E-state index in [0.717, 1.165) is 19.0 Å². The molecule has 1 aliphatic heterocycles. The zero-order valence-corrected chi connectivity index (χ0v) is 18.8. The SMILES string of the molecule is Cc1nc(N[C@H]2C[C@@H](COc3cnc(C(F)(F)F)cn3)C2)nc2c1NC(=O)[C@H](C(C)C)N2C. The summed E-state index contributed by atoms with van der Waals surface area (Å²) < 4.78 is 43.1. The van der Waals surface area contributed by atoms with Gasteiger partial charge in [0.15, 0.2) is 11.5 Å². The van der Waals surface area contributed by atoms with Crippen LogP contribution in [0.5, 0.6) is 5.88 Å². The van der Waals surface area contributed by atoms with Gasteiger partial charge in [-0.25, -0.2) is 15.0 Å². The van der Waals surface area contributed by atoms with Crippen LogP contribution >= 0.6 is 0 Å². The molecule has 0 radical (unpaired) electrons. The highest BCUT2D eigenvalue weighted by Gasteiger charge is 2.36. The van der Waals surface area contributed by atoms with Crippen molar-refractivity contribution in [3.8, 4) is 5.88 Å². The number of nitrogens with one attached hydrogen (secondary N) is 2. The van der Waals surface area contributed by atoms with Crippen molar-refractivity contribution in [3.63, 3.8) is 0 Å². The number of amides is 1. The number of alkyl halides is 3. The van der Waals surface area contributed by atoms with Crippen molar-refractivity contribution in [2.24, 2.45) is 11.8 Å². The Morgan fingerprint density at radius 2 is 1.97 bits per heavy atom. The molecule has 1 fully saturated rings. The van der Waals surface area contributed by atoms with Gasteiger partial charge in [-0.1, -0.05) is 13.8 Å². The Kier molecular flexibility index (Phi) is 6.02. The Balaban J connectivity index is 1.32. The van der Waals surface area contributed by atoms with Crippen LogP contribution in [0.1, 0.15) is 38.1 Å². The second-order valence-electron chi connectivity index (χ2n) is 8.85. The molecule has 0 saturated heterocycles. The number of rotatable bonds is 6. The van der Waals surface area contributed by atoms with E-state index in [0.29, 0.717) is 36.0 Å². The maximum atomic E-state index is 12.5. The highest BCUT2D eigenvalue weighted by molar-refractivity contribution is 6.03. The van der Waals surface area contributed by atoms with Gasteiger partial charge in [0.1, 0.15) is 11.7 Å². The molecule has 2 aromatic heterocycles. The number of likely N-dealkylation sites (N-methyl/N-ethyl adjacent to an activating group) is 1. The first-order chi connectivity index (χ1) is 15.5. The van der Waals surface area contributed by atoms with Crippen molar-refractivity contribution in [3.05, 3.63) is 23.8 Å². The first-order valence-corrected chi connectivity index (χ1v) is 10.7. The van der Waals surface area contributed by atoms with Crippen LogP contribution in [0, 0.1) is 18.8 Å². The first-order valence-electron chi connectivity index (χ1n) is 10.7. The second-order valence-corrected chi connectivity index (χ2v) is 8.85. The summed E-state index contributed by atoms with van der Waals surface area (Å²) in [6, 6.07) is -0.155. The lowest BCUT2D eigenvalue weighted by Gasteiger charge is -2.38. The van der Waals surface area contributed by atoms with Gasteiger partial charge < -0.3 is 20.3 Å². The molecule has 9 nitrogen and oxygen atoms in total. The summed E-state index contributed by atoms with van der Waals surface area (Å²) in [4.78, 5) is 30.5. The van der Waals surface area contributed by atoms with Gasteiger partial charge in [0.2, 0.25) is 17.7 Å². The van der Waals surface area contributed by atoms with E-state index in [4.69, 9.17) is 4.74 Å². The third-order valence-electron chi connectivity index (χ3n) is 5.92. The van der Waals surface area contributed by atoms with Crippen LogP contribution in [0.3, 0.4) is 0 Å². The van der Waals surface area contributed by atoms with Crippen LogP contribution in [-0.4, -0.2) is 51.6 Å². The molecule has 0 unspecified atom stereocenters. The fourth-order valence-electron chi connectivity index (χ4n) is 4.19. The van der Waals surface area contributed by atoms with Crippen molar-refractivity contribution < 1.29 is 22.7 Å². The van der Waals surface area contributed by atoms with E-state index >= 15 is 0 Å². The van der Waals surface area contributed by atoms with Gasteiger partial charge in [0, 0.05) is 13.1 Å². The minimum Gasteiger partial charge on any atom is -0.476 e. The zero-order chi connectivity index (χ0) is 23.9. The molecule has 0 spiro atoms. The van der Waals surface area contributed by atoms with Crippen LogP contribution in [0.4, 0.5) is 30.6 Å². The lowest BCUT2D eigenvalue weighted by Crippen LogP contribution is -2.50. The lowest BCUT2D eigenvalue weighted by atomic mass is 9.81. The lowest BCUT2D eigenvalue weighted by molar-refractivity contribution is -0.141.